The van der Waals surface area contributed by atoms with Crippen LogP contribution < -0.4 is 0 Å². The lowest BCUT2D eigenvalue weighted by Crippen LogP contribution is -2.51. The van der Waals surface area contributed by atoms with E-state index < -0.39 is 10.0 Å². The maximum absolute atomic E-state index is 12.6. The van der Waals surface area contributed by atoms with Crippen LogP contribution in [0.15, 0.2) is 29.2 Å². The van der Waals surface area contributed by atoms with Gasteiger partial charge in [0.15, 0.2) is 6.61 Å². The topological polar surface area (TPSA) is 84.0 Å². The van der Waals surface area contributed by atoms with Crippen LogP contribution in [0.5, 0.6) is 0 Å². The van der Waals surface area contributed by atoms with E-state index in [0.29, 0.717) is 10.9 Å². The summed E-state index contributed by atoms with van der Waals surface area (Å²) in [5, 5.41) is 0.467. The highest BCUT2D eigenvalue weighted by molar-refractivity contribution is 7.89. The number of carbonyl (C=O) groups excluding carboxylic acids is 2. The van der Waals surface area contributed by atoms with Gasteiger partial charge in [-0.15, -0.1) is 0 Å². The van der Waals surface area contributed by atoms with Crippen molar-refractivity contribution in [2.24, 2.45) is 11.8 Å². The van der Waals surface area contributed by atoms with E-state index in [4.69, 9.17) is 16.3 Å². The predicted octanol–water partition coefficient (Wildman–Crippen LogP) is 1.37. The van der Waals surface area contributed by atoms with Crippen LogP contribution in [0.4, 0.5) is 0 Å². The molecule has 7 nitrogen and oxygen atoms in total. The van der Waals surface area contributed by atoms with Crippen LogP contribution in [0, 0.1) is 11.8 Å². The van der Waals surface area contributed by atoms with Gasteiger partial charge in [-0.1, -0.05) is 18.5 Å². The third kappa shape index (κ3) is 4.19. The van der Waals surface area contributed by atoms with E-state index in [1.54, 1.807) is 0 Å². The maximum Gasteiger partial charge on any atom is 0.309 e. The fraction of sp³-hybridized carbons (Fsp3) is 0.529. The Morgan fingerprint density at radius 2 is 1.73 bits per heavy atom. The second kappa shape index (κ2) is 7.54. The molecule has 2 atom stereocenters. The summed E-state index contributed by atoms with van der Waals surface area (Å²) in [5.41, 5.74) is 0. The lowest BCUT2D eigenvalue weighted by molar-refractivity contribution is -0.153. The smallest absolute Gasteiger partial charge is 0.309 e. The average Bonchev–Trinajstić information content (AvgIpc) is 3.36. The van der Waals surface area contributed by atoms with Gasteiger partial charge in [-0.25, -0.2) is 8.42 Å². The molecular weight excluding hydrogens is 380 g/mol. The van der Waals surface area contributed by atoms with Gasteiger partial charge < -0.3 is 9.64 Å². The minimum atomic E-state index is -3.61. The normalized spacial score (nSPS) is 23.5. The number of halogens is 1. The Labute approximate surface area is 157 Å². The molecule has 1 amide bonds. The predicted molar refractivity (Wildman–Crippen MR) is 95.0 cm³/mol. The molecule has 0 spiro atoms. The van der Waals surface area contributed by atoms with Crippen molar-refractivity contribution in [3.63, 3.8) is 0 Å². The summed E-state index contributed by atoms with van der Waals surface area (Å²) in [4.78, 5) is 25.5. The lowest BCUT2D eigenvalue weighted by atomic mass is 10.3. The van der Waals surface area contributed by atoms with Gasteiger partial charge in [-0.2, -0.15) is 4.31 Å². The van der Waals surface area contributed by atoms with Crippen LogP contribution in [0.2, 0.25) is 5.02 Å². The Kier molecular flexibility index (Phi) is 5.55. The summed E-state index contributed by atoms with van der Waals surface area (Å²) in [6, 6.07) is 5.99. The zero-order valence-electron chi connectivity index (χ0n) is 14.4. The van der Waals surface area contributed by atoms with Crippen molar-refractivity contribution < 1.29 is 22.7 Å². The molecule has 9 heteroatoms. The highest BCUT2D eigenvalue weighted by atomic mass is 35.5. The van der Waals surface area contributed by atoms with Crippen LogP contribution >= 0.6 is 11.6 Å². The van der Waals surface area contributed by atoms with Crippen molar-refractivity contribution >= 4 is 33.5 Å². The maximum atomic E-state index is 12.6. The van der Waals surface area contributed by atoms with Crippen molar-refractivity contribution in [1.29, 1.82) is 0 Å². The zero-order valence-corrected chi connectivity index (χ0v) is 16.0. The number of esters is 1. The summed E-state index contributed by atoms with van der Waals surface area (Å²) in [6.45, 7) is 2.61. The fourth-order valence-electron chi connectivity index (χ4n) is 2.92. The Balaban J connectivity index is 1.51. The molecule has 1 heterocycles. The van der Waals surface area contributed by atoms with E-state index in [9.17, 15) is 18.0 Å². The van der Waals surface area contributed by atoms with Gasteiger partial charge in [0.05, 0.1) is 10.8 Å². The SMILES string of the molecule is CC1CC1C(=O)OCC(=O)N1CCN(S(=O)(=O)c2ccc(Cl)cc2)CC1. The number of hydrogen-bond donors (Lipinski definition) is 0. The number of ether oxygens (including phenoxy) is 1. The molecule has 1 aromatic carbocycles. The second-order valence-corrected chi connectivity index (χ2v) is 9.04. The Morgan fingerprint density at radius 1 is 1.15 bits per heavy atom. The molecule has 26 heavy (non-hydrogen) atoms. The van der Waals surface area contributed by atoms with Crippen LogP contribution in [-0.2, 0) is 24.3 Å². The van der Waals surface area contributed by atoms with Crippen LogP contribution in [0.3, 0.4) is 0 Å². The molecule has 2 fully saturated rings. The van der Waals surface area contributed by atoms with Crippen LogP contribution in [0.1, 0.15) is 13.3 Å². The highest BCUT2D eigenvalue weighted by Gasteiger charge is 2.41. The minimum Gasteiger partial charge on any atom is -0.455 e. The second-order valence-electron chi connectivity index (χ2n) is 6.67. The number of rotatable bonds is 5. The minimum absolute atomic E-state index is 0.0795. The summed E-state index contributed by atoms with van der Waals surface area (Å²) in [7, 11) is -3.61. The Hall–Kier alpha value is -1.64. The summed E-state index contributed by atoms with van der Waals surface area (Å²) < 4.78 is 31.6. The van der Waals surface area contributed by atoms with E-state index in [0.717, 1.165) is 6.42 Å². The van der Waals surface area contributed by atoms with Crippen molar-refractivity contribution in [2.75, 3.05) is 32.8 Å². The first kappa shape index (κ1) is 19.1. The van der Waals surface area contributed by atoms with Gasteiger partial charge in [0.25, 0.3) is 5.91 Å². The molecule has 1 saturated heterocycles. The van der Waals surface area contributed by atoms with Gasteiger partial charge in [0.2, 0.25) is 10.0 Å². The van der Waals surface area contributed by atoms with Gasteiger partial charge in [-0.05, 0) is 36.6 Å². The lowest BCUT2D eigenvalue weighted by Gasteiger charge is -2.33. The number of piperazine rings is 1. The molecule has 2 unspecified atom stereocenters. The van der Waals surface area contributed by atoms with E-state index in [1.165, 1.54) is 33.5 Å². The largest absolute Gasteiger partial charge is 0.455 e. The molecule has 0 N–H and O–H groups in total. The number of carbonyl (C=O) groups is 2. The first-order chi connectivity index (χ1) is 12.3. The number of amides is 1. The van der Waals surface area contributed by atoms with Crippen molar-refractivity contribution in [3.05, 3.63) is 29.3 Å². The monoisotopic (exact) mass is 400 g/mol. The molecule has 1 aliphatic carbocycles. The van der Waals surface area contributed by atoms with Gasteiger partial charge >= 0.3 is 5.97 Å². The molecule has 0 radical (unpaired) electrons. The van der Waals surface area contributed by atoms with Crippen molar-refractivity contribution in [2.45, 2.75) is 18.2 Å². The molecular formula is C17H21ClN2O5S. The van der Waals surface area contributed by atoms with E-state index in [2.05, 4.69) is 0 Å². The Bertz CT molecular complexity index is 788. The summed E-state index contributed by atoms with van der Waals surface area (Å²) >= 11 is 5.80. The van der Waals surface area contributed by atoms with Gasteiger partial charge in [0, 0.05) is 31.2 Å². The zero-order chi connectivity index (χ0) is 18.9. The van der Waals surface area contributed by atoms with E-state index >= 15 is 0 Å². The van der Waals surface area contributed by atoms with Crippen LogP contribution in [-0.4, -0.2) is 62.3 Å². The molecule has 1 aliphatic heterocycles. The van der Waals surface area contributed by atoms with E-state index in [-0.39, 0.29) is 55.5 Å². The molecule has 1 saturated carbocycles. The quantitative estimate of drug-likeness (QED) is 0.697. The molecule has 1 aromatic rings. The Morgan fingerprint density at radius 3 is 2.27 bits per heavy atom. The molecule has 142 valence electrons. The molecule has 0 aromatic heterocycles. The standard InChI is InChI=1S/C17H21ClN2O5S/c1-12-10-15(12)17(22)25-11-16(21)19-6-8-20(9-7-19)26(23,24)14-4-2-13(18)3-5-14/h2-5,12,15H,6-11H2,1H3. The average molecular weight is 401 g/mol. The first-order valence-electron chi connectivity index (χ1n) is 8.49. The third-order valence-electron chi connectivity index (χ3n) is 4.79. The number of hydrogen-bond acceptors (Lipinski definition) is 5. The number of nitrogens with zero attached hydrogens (tertiary/aromatic N) is 2. The third-order valence-corrected chi connectivity index (χ3v) is 6.96. The highest BCUT2D eigenvalue weighted by Crippen LogP contribution is 2.38. The molecule has 0 bridgehead atoms. The van der Waals surface area contributed by atoms with Crippen LogP contribution in [0.25, 0.3) is 0 Å². The van der Waals surface area contributed by atoms with E-state index in [1.807, 2.05) is 6.92 Å². The number of benzene rings is 1. The summed E-state index contributed by atoms with van der Waals surface area (Å²) in [6.07, 6.45) is 0.814. The van der Waals surface area contributed by atoms with Crippen molar-refractivity contribution in [3.8, 4) is 0 Å². The summed E-state index contributed by atoms with van der Waals surface area (Å²) in [5.74, 6) is -0.367. The van der Waals surface area contributed by atoms with Gasteiger partial charge in [0.1, 0.15) is 0 Å². The molecule has 2 aliphatic rings. The molecule has 3 rings (SSSR count). The van der Waals surface area contributed by atoms with Crippen molar-refractivity contribution in [1.82, 2.24) is 9.21 Å². The first-order valence-corrected chi connectivity index (χ1v) is 10.3. The number of sulfonamides is 1. The van der Waals surface area contributed by atoms with Gasteiger partial charge in [-0.3, -0.25) is 9.59 Å². The fourth-order valence-corrected chi connectivity index (χ4v) is 4.46.